The molecule has 0 aliphatic rings. The van der Waals surface area contributed by atoms with Gasteiger partial charge in [0.1, 0.15) is 6.04 Å². The van der Waals surface area contributed by atoms with Gasteiger partial charge in [0.25, 0.3) is 0 Å². The summed E-state index contributed by atoms with van der Waals surface area (Å²) in [6, 6.07) is 17.5. The number of benzene rings is 2. The number of rotatable bonds is 5. The van der Waals surface area contributed by atoms with Gasteiger partial charge in [-0.1, -0.05) is 48.5 Å². The molecule has 0 aliphatic heterocycles. The lowest BCUT2D eigenvalue weighted by atomic mass is 9.99. The Balaban J connectivity index is 2.05. The minimum absolute atomic E-state index is 0.339. The summed E-state index contributed by atoms with van der Waals surface area (Å²) in [5.74, 6) is -0.364. The van der Waals surface area contributed by atoms with Crippen molar-refractivity contribution < 1.29 is 9.53 Å². The van der Waals surface area contributed by atoms with Crippen LogP contribution in [-0.2, 0) is 16.0 Å². The zero-order chi connectivity index (χ0) is 16.2. The van der Waals surface area contributed by atoms with Gasteiger partial charge in [0.15, 0.2) is 0 Å². The van der Waals surface area contributed by atoms with Gasteiger partial charge in [-0.15, -0.1) is 0 Å². The molecule has 0 saturated heterocycles. The van der Waals surface area contributed by atoms with Crippen molar-refractivity contribution in [2.24, 2.45) is 5.73 Å². The molecule has 1 atom stereocenters. The summed E-state index contributed by atoms with van der Waals surface area (Å²) in [6.45, 7) is 2.12. The van der Waals surface area contributed by atoms with Gasteiger partial charge < -0.3 is 15.5 Å². The van der Waals surface area contributed by atoms with E-state index in [0.29, 0.717) is 13.0 Å². The van der Waals surface area contributed by atoms with E-state index in [2.05, 4.69) is 4.98 Å². The molecule has 4 heteroatoms. The molecular weight excluding hydrogens is 288 g/mol. The van der Waals surface area contributed by atoms with E-state index >= 15 is 0 Å². The summed E-state index contributed by atoms with van der Waals surface area (Å²) >= 11 is 0. The Morgan fingerprint density at radius 1 is 1.13 bits per heavy atom. The monoisotopic (exact) mass is 308 g/mol. The van der Waals surface area contributed by atoms with Gasteiger partial charge in [-0.3, -0.25) is 4.79 Å². The topological polar surface area (TPSA) is 68.1 Å². The number of ether oxygens (including phenoxy) is 1. The van der Waals surface area contributed by atoms with Gasteiger partial charge in [0.05, 0.1) is 6.61 Å². The van der Waals surface area contributed by atoms with Gasteiger partial charge in [-0.05, 0) is 24.1 Å². The summed E-state index contributed by atoms with van der Waals surface area (Å²) < 4.78 is 5.04. The van der Waals surface area contributed by atoms with E-state index in [4.69, 9.17) is 10.5 Å². The normalized spacial score (nSPS) is 12.3. The first-order valence-electron chi connectivity index (χ1n) is 7.78. The fourth-order valence-corrected chi connectivity index (χ4v) is 2.82. The molecule has 0 spiro atoms. The smallest absolute Gasteiger partial charge is 0.323 e. The molecule has 2 aromatic carbocycles. The van der Waals surface area contributed by atoms with Crippen LogP contribution >= 0.6 is 0 Å². The van der Waals surface area contributed by atoms with Crippen molar-refractivity contribution in [2.45, 2.75) is 19.4 Å². The van der Waals surface area contributed by atoms with E-state index in [1.54, 1.807) is 6.92 Å². The number of para-hydroxylation sites is 1. The van der Waals surface area contributed by atoms with Crippen molar-refractivity contribution in [3.63, 3.8) is 0 Å². The van der Waals surface area contributed by atoms with E-state index in [9.17, 15) is 4.79 Å². The Morgan fingerprint density at radius 3 is 2.57 bits per heavy atom. The van der Waals surface area contributed by atoms with Crippen molar-refractivity contribution in [3.05, 3.63) is 60.2 Å². The van der Waals surface area contributed by atoms with Crippen LogP contribution in [0.15, 0.2) is 54.6 Å². The standard InChI is InChI=1S/C19H20N2O2/c1-2-23-19(22)16(20)12-15-14-10-6-7-11-17(14)21-18(15)13-8-4-3-5-9-13/h3-11,16,21H,2,12,20H2,1H3. The summed E-state index contributed by atoms with van der Waals surface area (Å²) in [4.78, 5) is 15.3. The molecule has 4 nitrogen and oxygen atoms in total. The fraction of sp³-hybridized carbons (Fsp3) is 0.211. The number of H-pyrrole nitrogens is 1. The molecule has 118 valence electrons. The maximum absolute atomic E-state index is 11.9. The lowest BCUT2D eigenvalue weighted by Crippen LogP contribution is -2.34. The molecule has 3 rings (SSSR count). The fourth-order valence-electron chi connectivity index (χ4n) is 2.82. The van der Waals surface area contributed by atoms with Crippen LogP contribution in [0, 0.1) is 0 Å². The average molecular weight is 308 g/mol. The molecule has 1 unspecified atom stereocenters. The Morgan fingerprint density at radius 2 is 1.83 bits per heavy atom. The SMILES string of the molecule is CCOC(=O)C(N)Cc1c(-c2ccccc2)[nH]c2ccccc12. The van der Waals surface area contributed by atoms with Gasteiger partial charge in [-0.25, -0.2) is 0 Å². The van der Waals surface area contributed by atoms with Crippen LogP contribution in [0.4, 0.5) is 0 Å². The quantitative estimate of drug-likeness (QED) is 0.711. The second-order valence-electron chi connectivity index (χ2n) is 5.45. The third-order valence-electron chi connectivity index (χ3n) is 3.89. The Hall–Kier alpha value is -2.59. The first-order valence-corrected chi connectivity index (χ1v) is 7.78. The molecule has 0 bridgehead atoms. The summed E-state index contributed by atoms with van der Waals surface area (Å²) in [5, 5.41) is 1.09. The Bertz CT molecular complexity index is 809. The molecule has 0 fully saturated rings. The highest BCUT2D eigenvalue weighted by Gasteiger charge is 2.20. The number of esters is 1. The van der Waals surface area contributed by atoms with Crippen molar-refractivity contribution >= 4 is 16.9 Å². The molecule has 0 saturated carbocycles. The van der Waals surface area contributed by atoms with E-state index in [-0.39, 0.29) is 5.97 Å². The lowest BCUT2D eigenvalue weighted by molar-refractivity contribution is -0.144. The Kier molecular flexibility index (Phi) is 4.44. The van der Waals surface area contributed by atoms with Crippen LogP contribution in [0.1, 0.15) is 12.5 Å². The van der Waals surface area contributed by atoms with Crippen LogP contribution in [0.25, 0.3) is 22.2 Å². The van der Waals surface area contributed by atoms with E-state index in [0.717, 1.165) is 27.7 Å². The van der Waals surface area contributed by atoms with Gasteiger partial charge in [0.2, 0.25) is 0 Å². The highest BCUT2D eigenvalue weighted by molar-refractivity contribution is 5.91. The van der Waals surface area contributed by atoms with Crippen molar-refractivity contribution in [2.75, 3.05) is 6.61 Å². The number of fused-ring (bicyclic) bond motifs is 1. The highest BCUT2D eigenvalue weighted by Crippen LogP contribution is 2.31. The number of nitrogens with one attached hydrogen (secondary N) is 1. The number of aromatic amines is 1. The highest BCUT2D eigenvalue weighted by atomic mass is 16.5. The number of carbonyl (C=O) groups excluding carboxylic acids is 1. The summed E-state index contributed by atoms with van der Waals surface area (Å²) in [7, 11) is 0. The maximum Gasteiger partial charge on any atom is 0.323 e. The zero-order valence-electron chi connectivity index (χ0n) is 13.1. The van der Waals surface area contributed by atoms with Crippen LogP contribution in [-0.4, -0.2) is 23.6 Å². The van der Waals surface area contributed by atoms with Gasteiger partial charge in [-0.2, -0.15) is 0 Å². The van der Waals surface area contributed by atoms with Crippen molar-refractivity contribution in [1.29, 1.82) is 0 Å². The first kappa shape index (κ1) is 15.3. The van der Waals surface area contributed by atoms with E-state index < -0.39 is 6.04 Å². The number of carbonyl (C=O) groups is 1. The van der Waals surface area contributed by atoms with E-state index in [1.165, 1.54) is 0 Å². The third-order valence-corrected chi connectivity index (χ3v) is 3.89. The van der Waals surface area contributed by atoms with E-state index in [1.807, 2.05) is 54.6 Å². The zero-order valence-corrected chi connectivity index (χ0v) is 13.1. The first-order chi connectivity index (χ1) is 11.2. The van der Waals surface area contributed by atoms with Crippen molar-refractivity contribution in [1.82, 2.24) is 4.98 Å². The maximum atomic E-state index is 11.9. The molecular formula is C19H20N2O2. The number of nitrogens with two attached hydrogens (primary N) is 1. The third kappa shape index (κ3) is 3.12. The van der Waals surface area contributed by atoms with Crippen molar-refractivity contribution in [3.8, 4) is 11.3 Å². The molecule has 3 aromatic rings. The van der Waals surface area contributed by atoms with Crippen LogP contribution in [0.2, 0.25) is 0 Å². The minimum Gasteiger partial charge on any atom is -0.465 e. The second-order valence-corrected chi connectivity index (χ2v) is 5.45. The largest absolute Gasteiger partial charge is 0.465 e. The molecule has 1 heterocycles. The Labute approximate surface area is 135 Å². The summed E-state index contributed by atoms with van der Waals surface area (Å²) in [6.07, 6.45) is 0.438. The van der Waals surface area contributed by atoms with Crippen LogP contribution < -0.4 is 5.73 Å². The lowest BCUT2D eigenvalue weighted by Gasteiger charge is -2.12. The molecule has 23 heavy (non-hydrogen) atoms. The average Bonchev–Trinajstić information content (AvgIpc) is 2.94. The predicted molar refractivity (Wildman–Crippen MR) is 92.0 cm³/mol. The molecule has 0 amide bonds. The minimum atomic E-state index is -0.670. The second kappa shape index (κ2) is 6.67. The number of hydrogen-bond acceptors (Lipinski definition) is 3. The van der Waals surface area contributed by atoms with Gasteiger partial charge in [0, 0.05) is 23.0 Å². The van der Waals surface area contributed by atoms with Gasteiger partial charge >= 0.3 is 5.97 Å². The number of hydrogen-bond donors (Lipinski definition) is 2. The predicted octanol–water partition coefficient (Wildman–Crippen LogP) is 3.27. The van der Waals surface area contributed by atoms with Crippen LogP contribution in [0.5, 0.6) is 0 Å². The summed E-state index contributed by atoms with van der Waals surface area (Å²) in [5.41, 5.74) is 10.2. The molecule has 1 aromatic heterocycles. The molecule has 3 N–H and O–H groups in total. The molecule has 0 radical (unpaired) electrons. The van der Waals surface area contributed by atoms with Crippen LogP contribution in [0.3, 0.4) is 0 Å². The number of aromatic nitrogens is 1. The molecule has 0 aliphatic carbocycles.